The second-order valence-electron chi connectivity index (χ2n) is 6.82. The fourth-order valence-corrected chi connectivity index (χ4v) is 5.33. The average molecular weight is 367 g/mol. The highest BCUT2D eigenvalue weighted by Gasteiger charge is 2.43. The molecule has 2 aliphatic heterocycles. The first kappa shape index (κ1) is 16.7. The summed E-state index contributed by atoms with van der Waals surface area (Å²) in [5.41, 5.74) is 0.663. The SMILES string of the molecule is Cc1nc(C(NS(=O)(=O)CC2CC3CCC2O3)c2cnn(C)c2)no1. The maximum atomic E-state index is 12.8. The molecular weight excluding hydrogens is 346 g/mol. The highest BCUT2D eigenvalue weighted by molar-refractivity contribution is 7.89. The van der Waals surface area contributed by atoms with Gasteiger partial charge in [-0.1, -0.05) is 5.16 Å². The number of aryl methyl sites for hydroxylation is 2. The average Bonchev–Trinajstić information content (AvgIpc) is 3.29. The van der Waals surface area contributed by atoms with Gasteiger partial charge in [-0.3, -0.25) is 4.68 Å². The van der Waals surface area contributed by atoms with Crippen molar-refractivity contribution in [2.24, 2.45) is 13.0 Å². The Morgan fingerprint density at radius 1 is 1.44 bits per heavy atom. The Bertz CT molecular complexity index is 821. The summed E-state index contributed by atoms with van der Waals surface area (Å²) in [7, 11) is -1.79. The minimum atomic E-state index is -3.55. The first-order valence-corrected chi connectivity index (χ1v) is 9.99. The van der Waals surface area contributed by atoms with Crippen LogP contribution in [-0.4, -0.2) is 46.3 Å². The van der Waals surface area contributed by atoms with Crippen LogP contribution in [-0.2, 0) is 21.8 Å². The topological polar surface area (TPSA) is 112 Å². The molecule has 4 atom stereocenters. The number of nitrogens with zero attached hydrogens (tertiary/aromatic N) is 4. The van der Waals surface area contributed by atoms with Crippen LogP contribution >= 0.6 is 0 Å². The van der Waals surface area contributed by atoms with Gasteiger partial charge in [0.05, 0.1) is 24.2 Å². The highest BCUT2D eigenvalue weighted by atomic mass is 32.2. The predicted octanol–water partition coefficient (Wildman–Crippen LogP) is 0.688. The van der Waals surface area contributed by atoms with Crippen LogP contribution < -0.4 is 4.72 Å². The van der Waals surface area contributed by atoms with Crippen LogP contribution in [0.15, 0.2) is 16.9 Å². The molecule has 2 aromatic heterocycles. The third-order valence-corrected chi connectivity index (χ3v) is 6.28. The van der Waals surface area contributed by atoms with Crippen LogP contribution in [0.5, 0.6) is 0 Å². The first-order valence-electron chi connectivity index (χ1n) is 8.34. The van der Waals surface area contributed by atoms with E-state index < -0.39 is 16.1 Å². The van der Waals surface area contributed by atoms with Crippen molar-refractivity contribution in [2.45, 2.75) is 44.4 Å². The molecule has 2 aromatic rings. The number of fused-ring (bicyclic) bond motifs is 2. The van der Waals surface area contributed by atoms with Gasteiger partial charge in [0.2, 0.25) is 15.9 Å². The van der Waals surface area contributed by atoms with Gasteiger partial charge in [0, 0.05) is 31.6 Å². The van der Waals surface area contributed by atoms with Gasteiger partial charge in [0.15, 0.2) is 5.82 Å². The minimum Gasteiger partial charge on any atom is -0.375 e. The summed E-state index contributed by atoms with van der Waals surface area (Å²) in [6.07, 6.45) is 6.41. The van der Waals surface area contributed by atoms with Crippen molar-refractivity contribution in [3.8, 4) is 0 Å². The lowest BCUT2D eigenvalue weighted by Gasteiger charge is -2.20. The lowest BCUT2D eigenvalue weighted by atomic mass is 9.91. The maximum absolute atomic E-state index is 12.8. The zero-order valence-corrected chi connectivity index (χ0v) is 14.9. The molecule has 10 heteroatoms. The molecule has 4 unspecified atom stereocenters. The third-order valence-electron chi connectivity index (χ3n) is 4.82. The van der Waals surface area contributed by atoms with Crippen LogP contribution in [0.25, 0.3) is 0 Å². The molecule has 2 saturated heterocycles. The van der Waals surface area contributed by atoms with E-state index in [-0.39, 0.29) is 29.7 Å². The Morgan fingerprint density at radius 2 is 2.28 bits per heavy atom. The van der Waals surface area contributed by atoms with Gasteiger partial charge >= 0.3 is 0 Å². The minimum absolute atomic E-state index is 0.0396. The monoisotopic (exact) mass is 367 g/mol. The molecule has 136 valence electrons. The number of rotatable bonds is 6. The van der Waals surface area contributed by atoms with E-state index in [1.54, 1.807) is 31.0 Å². The van der Waals surface area contributed by atoms with Gasteiger partial charge in [0.1, 0.15) is 6.04 Å². The molecule has 0 radical (unpaired) electrons. The molecule has 2 aliphatic rings. The molecule has 25 heavy (non-hydrogen) atoms. The van der Waals surface area contributed by atoms with Crippen LogP contribution in [0.1, 0.15) is 42.6 Å². The molecule has 0 spiro atoms. The van der Waals surface area contributed by atoms with E-state index in [1.165, 1.54) is 0 Å². The molecule has 4 heterocycles. The number of nitrogens with one attached hydrogen (secondary N) is 1. The van der Waals surface area contributed by atoms with Crippen molar-refractivity contribution >= 4 is 10.0 Å². The van der Waals surface area contributed by atoms with E-state index in [2.05, 4.69) is 20.0 Å². The van der Waals surface area contributed by atoms with Gasteiger partial charge in [-0.25, -0.2) is 8.42 Å². The van der Waals surface area contributed by atoms with Crippen LogP contribution in [0.3, 0.4) is 0 Å². The van der Waals surface area contributed by atoms with Crippen molar-refractivity contribution in [1.29, 1.82) is 0 Å². The molecule has 0 amide bonds. The Hall–Kier alpha value is -1.78. The van der Waals surface area contributed by atoms with Gasteiger partial charge < -0.3 is 9.26 Å². The summed E-state index contributed by atoms with van der Waals surface area (Å²) in [5, 5.41) is 7.99. The fraction of sp³-hybridized carbons (Fsp3) is 0.667. The van der Waals surface area contributed by atoms with E-state index in [4.69, 9.17) is 9.26 Å². The Balaban J connectivity index is 1.55. The molecular formula is C15H21N5O4S. The highest BCUT2D eigenvalue weighted by Crippen LogP contribution is 2.39. The summed E-state index contributed by atoms with van der Waals surface area (Å²) in [4.78, 5) is 4.18. The van der Waals surface area contributed by atoms with E-state index in [1.807, 2.05) is 0 Å². The van der Waals surface area contributed by atoms with E-state index in [9.17, 15) is 8.42 Å². The van der Waals surface area contributed by atoms with Crippen molar-refractivity contribution in [3.63, 3.8) is 0 Å². The van der Waals surface area contributed by atoms with Crippen molar-refractivity contribution in [3.05, 3.63) is 29.7 Å². The molecule has 1 N–H and O–H groups in total. The molecule has 0 aliphatic carbocycles. The van der Waals surface area contributed by atoms with Crippen molar-refractivity contribution in [2.75, 3.05) is 5.75 Å². The van der Waals surface area contributed by atoms with E-state index in [0.29, 0.717) is 11.5 Å². The molecule has 4 rings (SSSR count). The molecule has 2 bridgehead atoms. The summed E-state index contributed by atoms with van der Waals surface area (Å²) in [6, 6.07) is -0.726. The normalized spacial score (nSPS) is 27.0. The Labute approximate surface area is 145 Å². The number of hydrogen-bond donors (Lipinski definition) is 1. The summed E-state index contributed by atoms with van der Waals surface area (Å²) < 4.78 is 40.6. The van der Waals surface area contributed by atoms with Gasteiger partial charge in [-0.05, 0) is 19.3 Å². The molecule has 0 aromatic carbocycles. The Morgan fingerprint density at radius 3 is 2.84 bits per heavy atom. The third kappa shape index (κ3) is 3.46. The second-order valence-corrected chi connectivity index (χ2v) is 8.62. The predicted molar refractivity (Wildman–Crippen MR) is 87.0 cm³/mol. The lowest BCUT2D eigenvalue weighted by molar-refractivity contribution is 0.0951. The van der Waals surface area contributed by atoms with Crippen molar-refractivity contribution < 1.29 is 17.7 Å². The zero-order chi connectivity index (χ0) is 17.6. The molecule has 2 fully saturated rings. The quantitative estimate of drug-likeness (QED) is 0.799. The van der Waals surface area contributed by atoms with Gasteiger partial charge in [-0.15, -0.1) is 0 Å². The van der Waals surface area contributed by atoms with Crippen LogP contribution in [0.2, 0.25) is 0 Å². The second kappa shape index (κ2) is 6.19. The summed E-state index contributed by atoms with van der Waals surface area (Å²) >= 11 is 0. The molecule has 9 nitrogen and oxygen atoms in total. The number of hydrogen-bond acceptors (Lipinski definition) is 7. The van der Waals surface area contributed by atoms with Crippen molar-refractivity contribution in [1.82, 2.24) is 24.6 Å². The molecule has 0 saturated carbocycles. The van der Waals surface area contributed by atoms with Crippen LogP contribution in [0.4, 0.5) is 0 Å². The van der Waals surface area contributed by atoms with Crippen LogP contribution in [0, 0.1) is 12.8 Å². The van der Waals surface area contributed by atoms with Gasteiger partial charge in [-0.2, -0.15) is 14.8 Å². The van der Waals surface area contributed by atoms with E-state index in [0.717, 1.165) is 19.3 Å². The van der Waals surface area contributed by atoms with E-state index >= 15 is 0 Å². The smallest absolute Gasteiger partial charge is 0.223 e. The number of sulfonamides is 1. The maximum Gasteiger partial charge on any atom is 0.223 e. The first-order chi connectivity index (χ1) is 11.9. The fourth-order valence-electron chi connectivity index (χ4n) is 3.72. The number of aromatic nitrogens is 4. The Kier molecular flexibility index (Phi) is 4.13. The largest absolute Gasteiger partial charge is 0.375 e. The summed E-state index contributed by atoms with van der Waals surface area (Å²) in [5.74, 6) is 0.738. The lowest BCUT2D eigenvalue weighted by Crippen LogP contribution is -2.36. The van der Waals surface area contributed by atoms with Gasteiger partial charge in [0.25, 0.3) is 0 Å². The summed E-state index contributed by atoms with van der Waals surface area (Å²) in [6.45, 7) is 1.66. The standard InChI is InChI=1S/C15H21N5O4S/c1-9-17-15(18-24-9)14(11-6-16-20(2)7-11)19-25(21,22)8-10-5-12-3-4-13(10)23-12/h6-7,10,12-14,19H,3-5,8H2,1-2H3. The zero-order valence-electron chi connectivity index (χ0n) is 14.1. The number of ether oxygens (including phenoxy) is 1.